The van der Waals surface area contributed by atoms with Gasteiger partial charge in [-0.05, 0) is 41.5 Å². The summed E-state index contributed by atoms with van der Waals surface area (Å²) in [6, 6.07) is 0. The van der Waals surface area contributed by atoms with Gasteiger partial charge in [-0.15, -0.1) is 0 Å². The summed E-state index contributed by atoms with van der Waals surface area (Å²) in [4.78, 5) is 28.3. The molecule has 0 aromatic rings. The minimum atomic E-state index is -0.564. The minimum absolute atomic E-state index is 0.00827. The highest BCUT2D eigenvalue weighted by Gasteiger charge is 2.24. The standard InChI is InChI=1S/C19H39N5O3/c1-10-20-15(22-12-11-21-14(25)17(2,3)4)23-13-19(8,9)24-16(26)27-18(5,6)7/h10-13H2,1-9H3,(H,21,25)(H,24,26)(H2,20,22,23). The summed E-state index contributed by atoms with van der Waals surface area (Å²) in [5.41, 5.74) is -1.52. The molecule has 0 saturated heterocycles. The Morgan fingerprint density at radius 1 is 0.889 bits per heavy atom. The van der Waals surface area contributed by atoms with Crippen LogP contribution in [-0.4, -0.2) is 55.3 Å². The molecule has 0 heterocycles. The van der Waals surface area contributed by atoms with E-state index in [1.807, 2.05) is 62.3 Å². The van der Waals surface area contributed by atoms with Crippen LogP contribution in [0.15, 0.2) is 4.99 Å². The Balaban J connectivity index is 4.56. The lowest BCUT2D eigenvalue weighted by molar-refractivity contribution is -0.128. The van der Waals surface area contributed by atoms with E-state index in [9.17, 15) is 9.59 Å². The molecule has 0 aliphatic rings. The third-order valence-electron chi connectivity index (χ3n) is 3.20. The molecule has 8 heteroatoms. The third-order valence-corrected chi connectivity index (χ3v) is 3.20. The minimum Gasteiger partial charge on any atom is -0.444 e. The number of rotatable bonds is 7. The van der Waals surface area contributed by atoms with Crippen molar-refractivity contribution in [3.05, 3.63) is 0 Å². The molecule has 8 nitrogen and oxygen atoms in total. The first-order chi connectivity index (χ1) is 12.2. The summed E-state index contributed by atoms with van der Waals surface area (Å²) in [7, 11) is 0. The molecule has 0 spiro atoms. The largest absolute Gasteiger partial charge is 0.444 e. The van der Waals surface area contributed by atoms with Crippen LogP contribution in [0, 0.1) is 5.41 Å². The fourth-order valence-electron chi connectivity index (χ4n) is 1.86. The van der Waals surface area contributed by atoms with Crippen molar-refractivity contribution in [2.24, 2.45) is 10.4 Å². The van der Waals surface area contributed by atoms with Gasteiger partial charge in [0.25, 0.3) is 0 Å². The Hall–Kier alpha value is -1.99. The number of aliphatic imine (C=N–C) groups is 1. The van der Waals surface area contributed by atoms with Crippen LogP contribution < -0.4 is 21.3 Å². The van der Waals surface area contributed by atoms with E-state index in [1.54, 1.807) is 0 Å². The molecule has 0 aliphatic carbocycles. The number of nitrogens with one attached hydrogen (secondary N) is 4. The van der Waals surface area contributed by atoms with E-state index in [0.717, 1.165) is 0 Å². The normalized spacial score (nSPS) is 13.0. The van der Waals surface area contributed by atoms with Crippen molar-refractivity contribution in [3.63, 3.8) is 0 Å². The Kier molecular flexibility index (Phi) is 9.61. The monoisotopic (exact) mass is 385 g/mol. The summed E-state index contributed by atoms with van der Waals surface area (Å²) >= 11 is 0. The first-order valence-electron chi connectivity index (χ1n) is 9.48. The Bertz CT molecular complexity index is 516. The van der Waals surface area contributed by atoms with Gasteiger partial charge in [0.2, 0.25) is 5.91 Å². The molecule has 27 heavy (non-hydrogen) atoms. The summed E-state index contributed by atoms with van der Waals surface area (Å²) in [5, 5.41) is 12.0. The highest BCUT2D eigenvalue weighted by Crippen LogP contribution is 2.12. The van der Waals surface area contributed by atoms with Crippen LogP contribution in [0.5, 0.6) is 0 Å². The topological polar surface area (TPSA) is 104 Å². The van der Waals surface area contributed by atoms with Crippen LogP contribution in [0.2, 0.25) is 0 Å². The van der Waals surface area contributed by atoms with Gasteiger partial charge in [-0.3, -0.25) is 9.79 Å². The van der Waals surface area contributed by atoms with Crippen LogP contribution in [-0.2, 0) is 9.53 Å². The average Bonchev–Trinajstić information content (AvgIpc) is 2.45. The average molecular weight is 386 g/mol. The molecule has 4 N–H and O–H groups in total. The molecule has 158 valence electrons. The van der Waals surface area contributed by atoms with E-state index in [-0.39, 0.29) is 5.91 Å². The fraction of sp³-hybridized carbons (Fsp3) is 0.842. The predicted molar refractivity (Wildman–Crippen MR) is 110 cm³/mol. The summed E-state index contributed by atoms with van der Waals surface area (Å²) in [5.74, 6) is 0.635. The zero-order chi connectivity index (χ0) is 21.3. The van der Waals surface area contributed by atoms with Crippen molar-refractivity contribution in [3.8, 4) is 0 Å². The maximum absolute atomic E-state index is 11.9. The van der Waals surface area contributed by atoms with Crippen molar-refractivity contribution in [1.82, 2.24) is 21.3 Å². The number of carbonyl (C=O) groups is 2. The van der Waals surface area contributed by atoms with E-state index < -0.39 is 22.6 Å². The summed E-state index contributed by atoms with van der Waals surface area (Å²) in [6.07, 6.45) is -0.467. The Morgan fingerprint density at radius 3 is 1.93 bits per heavy atom. The van der Waals surface area contributed by atoms with Gasteiger partial charge >= 0.3 is 6.09 Å². The molecular formula is C19H39N5O3. The number of ether oxygens (including phenoxy) is 1. The van der Waals surface area contributed by atoms with Gasteiger partial charge < -0.3 is 26.0 Å². The number of nitrogens with zero attached hydrogens (tertiary/aromatic N) is 1. The summed E-state index contributed by atoms with van der Waals surface area (Å²) in [6.45, 7) is 19.0. The number of amides is 2. The van der Waals surface area contributed by atoms with Crippen LogP contribution in [0.4, 0.5) is 4.79 Å². The number of alkyl carbamates (subject to hydrolysis) is 1. The first kappa shape index (κ1) is 25.0. The zero-order valence-corrected chi connectivity index (χ0v) is 18.5. The van der Waals surface area contributed by atoms with E-state index >= 15 is 0 Å². The quantitative estimate of drug-likeness (QED) is 0.305. The van der Waals surface area contributed by atoms with Crippen LogP contribution >= 0.6 is 0 Å². The lowest BCUT2D eigenvalue weighted by atomic mass is 9.96. The number of guanidine groups is 1. The molecule has 0 saturated carbocycles. The molecular weight excluding hydrogens is 346 g/mol. The van der Waals surface area contributed by atoms with E-state index in [0.29, 0.717) is 32.1 Å². The molecule has 0 radical (unpaired) electrons. The maximum atomic E-state index is 11.9. The van der Waals surface area contributed by atoms with Gasteiger partial charge in [0.1, 0.15) is 5.60 Å². The second kappa shape index (κ2) is 10.4. The van der Waals surface area contributed by atoms with Gasteiger partial charge in [-0.1, -0.05) is 20.8 Å². The molecule has 0 atom stereocenters. The van der Waals surface area contributed by atoms with Gasteiger partial charge in [0.15, 0.2) is 5.96 Å². The van der Waals surface area contributed by atoms with Gasteiger partial charge in [0.05, 0.1) is 12.1 Å². The molecule has 0 aromatic carbocycles. The van der Waals surface area contributed by atoms with E-state index in [4.69, 9.17) is 4.74 Å². The number of carbonyl (C=O) groups excluding carboxylic acids is 2. The maximum Gasteiger partial charge on any atom is 0.408 e. The SMILES string of the molecule is CCNC(=NCC(C)(C)NC(=O)OC(C)(C)C)NCCNC(=O)C(C)(C)C. The zero-order valence-electron chi connectivity index (χ0n) is 18.5. The van der Waals surface area contributed by atoms with Gasteiger partial charge in [-0.25, -0.2) is 4.79 Å². The lowest BCUT2D eigenvalue weighted by Crippen LogP contribution is -2.49. The van der Waals surface area contributed by atoms with Crippen LogP contribution in [0.1, 0.15) is 62.3 Å². The molecule has 0 unspecified atom stereocenters. The van der Waals surface area contributed by atoms with Gasteiger partial charge in [-0.2, -0.15) is 0 Å². The highest BCUT2D eigenvalue weighted by molar-refractivity contribution is 5.82. The molecule has 0 aromatic heterocycles. The second-order valence-corrected chi connectivity index (χ2v) is 9.14. The molecule has 0 bridgehead atoms. The first-order valence-corrected chi connectivity index (χ1v) is 9.48. The molecule has 0 fully saturated rings. The summed E-state index contributed by atoms with van der Waals surface area (Å²) < 4.78 is 5.29. The van der Waals surface area contributed by atoms with Gasteiger partial charge in [0, 0.05) is 25.0 Å². The van der Waals surface area contributed by atoms with Crippen molar-refractivity contribution in [2.45, 2.75) is 73.5 Å². The third kappa shape index (κ3) is 12.9. The fourth-order valence-corrected chi connectivity index (χ4v) is 1.86. The Morgan fingerprint density at radius 2 is 1.44 bits per heavy atom. The molecule has 0 rings (SSSR count). The number of hydrogen-bond acceptors (Lipinski definition) is 4. The van der Waals surface area contributed by atoms with Crippen molar-refractivity contribution < 1.29 is 14.3 Å². The second-order valence-electron chi connectivity index (χ2n) is 9.14. The van der Waals surface area contributed by atoms with E-state index in [2.05, 4.69) is 26.3 Å². The van der Waals surface area contributed by atoms with Crippen molar-refractivity contribution in [2.75, 3.05) is 26.2 Å². The predicted octanol–water partition coefficient (Wildman–Crippen LogP) is 2.01. The van der Waals surface area contributed by atoms with Crippen molar-refractivity contribution in [1.29, 1.82) is 0 Å². The smallest absolute Gasteiger partial charge is 0.408 e. The van der Waals surface area contributed by atoms with E-state index in [1.165, 1.54) is 0 Å². The number of hydrogen-bond donors (Lipinski definition) is 4. The Labute approximate surface area is 164 Å². The molecule has 2 amide bonds. The lowest BCUT2D eigenvalue weighted by Gasteiger charge is -2.27. The van der Waals surface area contributed by atoms with Crippen LogP contribution in [0.25, 0.3) is 0 Å². The molecule has 0 aliphatic heterocycles. The highest BCUT2D eigenvalue weighted by atomic mass is 16.6. The van der Waals surface area contributed by atoms with Crippen LogP contribution in [0.3, 0.4) is 0 Å². The van der Waals surface area contributed by atoms with Crippen molar-refractivity contribution >= 4 is 18.0 Å².